The standard InChI is InChI=1S/C16H26O/c1-12(2)10-16(5,17)11-14-6-8-15(9-7-14)13(3)4/h6-9,12-13,17H,10-11H2,1-5H3. The molecule has 17 heavy (non-hydrogen) atoms. The van der Waals surface area contributed by atoms with E-state index in [1.807, 2.05) is 6.92 Å². The lowest BCUT2D eigenvalue weighted by atomic mass is 9.88. The third kappa shape index (κ3) is 4.91. The minimum atomic E-state index is -0.590. The molecule has 0 amide bonds. The Bertz CT molecular complexity index is 333. The zero-order valence-electron chi connectivity index (χ0n) is 11.8. The summed E-state index contributed by atoms with van der Waals surface area (Å²) in [6.45, 7) is 10.6. The summed E-state index contributed by atoms with van der Waals surface area (Å²) < 4.78 is 0. The summed E-state index contributed by atoms with van der Waals surface area (Å²) in [5.74, 6) is 1.10. The third-order valence-electron chi connectivity index (χ3n) is 3.08. The van der Waals surface area contributed by atoms with Crippen LogP contribution in [0.1, 0.15) is 58.1 Å². The molecule has 1 heteroatoms. The summed E-state index contributed by atoms with van der Waals surface area (Å²) >= 11 is 0. The Morgan fingerprint density at radius 3 is 2.00 bits per heavy atom. The van der Waals surface area contributed by atoms with Gasteiger partial charge in [-0.3, -0.25) is 0 Å². The fraction of sp³-hybridized carbons (Fsp3) is 0.625. The van der Waals surface area contributed by atoms with Crippen LogP contribution in [-0.4, -0.2) is 10.7 Å². The fourth-order valence-corrected chi connectivity index (χ4v) is 2.41. The minimum absolute atomic E-state index is 0.528. The molecule has 1 N–H and O–H groups in total. The van der Waals surface area contributed by atoms with E-state index in [2.05, 4.69) is 52.0 Å². The van der Waals surface area contributed by atoms with Crippen LogP contribution in [0.25, 0.3) is 0 Å². The Labute approximate surface area is 106 Å². The van der Waals surface area contributed by atoms with Gasteiger partial charge in [0.2, 0.25) is 0 Å². The maximum atomic E-state index is 10.3. The van der Waals surface area contributed by atoms with Crippen LogP contribution in [0.2, 0.25) is 0 Å². The van der Waals surface area contributed by atoms with Crippen molar-refractivity contribution >= 4 is 0 Å². The van der Waals surface area contributed by atoms with E-state index in [1.165, 1.54) is 11.1 Å². The van der Waals surface area contributed by atoms with Gasteiger partial charge in [0.05, 0.1) is 5.60 Å². The first-order chi connectivity index (χ1) is 7.80. The molecule has 0 heterocycles. The van der Waals surface area contributed by atoms with Gasteiger partial charge in [0, 0.05) is 6.42 Å². The molecule has 1 atom stereocenters. The SMILES string of the molecule is CC(C)CC(C)(O)Cc1ccc(C(C)C)cc1. The Hall–Kier alpha value is -0.820. The first-order valence-electron chi connectivity index (χ1n) is 6.61. The zero-order valence-corrected chi connectivity index (χ0v) is 11.8. The maximum absolute atomic E-state index is 10.3. The first kappa shape index (κ1) is 14.2. The van der Waals surface area contributed by atoms with E-state index in [1.54, 1.807) is 0 Å². The van der Waals surface area contributed by atoms with Gasteiger partial charge in [-0.2, -0.15) is 0 Å². The number of aliphatic hydroxyl groups is 1. The molecule has 1 aromatic carbocycles. The summed E-state index contributed by atoms with van der Waals surface area (Å²) in [4.78, 5) is 0. The molecule has 1 rings (SSSR count). The van der Waals surface area contributed by atoms with Gasteiger partial charge in [0.1, 0.15) is 0 Å². The highest BCUT2D eigenvalue weighted by Crippen LogP contribution is 2.22. The Balaban J connectivity index is 2.68. The lowest BCUT2D eigenvalue weighted by Gasteiger charge is -2.25. The van der Waals surface area contributed by atoms with E-state index in [0.717, 1.165) is 12.8 Å². The molecule has 1 nitrogen and oxygen atoms in total. The summed E-state index contributed by atoms with van der Waals surface area (Å²) in [5.41, 5.74) is 1.99. The molecule has 96 valence electrons. The van der Waals surface area contributed by atoms with Crippen molar-refractivity contribution in [3.63, 3.8) is 0 Å². The fourth-order valence-electron chi connectivity index (χ4n) is 2.41. The van der Waals surface area contributed by atoms with Crippen molar-refractivity contribution in [1.29, 1.82) is 0 Å². The smallest absolute Gasteiger partial charge is 0.0662 e. The zero-order chi connectivity index (χ0) is 13.1. The van der Waals surface area contributed by atoms with Gasteiger partial charge in [-0.1, -0.05) is 52.0 Å². The van der Waals surface area contributed by atoms with E-state index in [-0.39, 0.29) is 0 Å². The molecular weight excluding hydrogens is 208 g/mol. The van der Waals surface area contributed by atoms with Gasteiger partial charge in [-0.25, -0.2) is 0 Å². The van der Waals surface area contributed by atoms with Crippen molar-refractivity contribution in [3.8, 4) is 0 Å². The number of hydrogen-bond acceptors (Lipinski definition) is 1. The molecule has 0 spiro atoms. The Morgan fingerprint density at radius 2 is 1.59 bits per heavy atom. The quantitative estimate of drug-likeness (QED) is 0.811. The Morgan fingerprint density at radius 1 is 1.06 bits per heavy atom. The molecule has 0 saturated carbocycles. The molecule has 0 aliphatic rings. The van der Waals surface area contributed by atoms with Crippen molar-refractivity contribution in [2.24, 2.45) is 5.92 Å². The lowest BCUT2D eigenvalue weighted by molar-refractivity contribution is 0.0388. The molecule has 0 aliphatic carbocycles. The van der Waals surface area contributed by atoms with Gasteiger partial charge in [-0.05, 0) is 36.3 Å². The second-order valence-corrected chi connectivity index (χ2v) is 6.17. The predicted octanol–water partition coefficient (Wildman–Crippen LogP) is 4.15. The van der Waals surface area contributed by atoms with Crippen LogP contribution >= 0.6 is 0 Å². The third-order valence-corrected chi connectivity index (χ3v) is 3.08. The van der Waals surface area contributed by atoms with E-state index in [0.29, 0.717) is 11.8 Å². The monoisotopic (exact) mass is 234 g/mol. The van der Waals surface area contributed by atoms with E-state index in [4.69, 9.17) is 0 Å². The highest BCUT2D eigenvalue weighted by molar-refractivity contribution is 5.25. The minimum Gasteiger partial charge on any atom is -0.390 e. The lowest BCUT2D eigenvalue weighted by Crippen LogP contribution is -2.29. The summed E-state index contributed by atoms with van der Waals surface area (Å²) in [6, 6.07) is 8.63. The van der Waals surface area contributed by atoms with Crippen LogP contribution in [0.5, 0.6) is 0 Å². The molecule has 1 unspecified atom stereocenters. The van der Waals surface area contributed by atoms with Crippen LogP contribution in [0.15, 0.2) is 24.3 Å². The number of benzene rings is 1. The van der Waals surface area contributed by atoms with E-state index >= 15 is 0 Å². The summed E-state index contributed by atoms with van der Waals surface area (Å²) in [6.07, 6.45) is 1.59. The van der Waals surface area contributed by atoms with Crippen LogP contribution in [-0.2, 0) is 6.42 Å². The second kappa shape index (κ2) is 5.68. The summed E-state index contributed by atoms with van der Waals surface area (Å²) in [5, 5.41) is 10.3. The normalized spacial score (nSPS) is 15.3. The topological polar surface area (TPSA) is 20.2 Å². The highest BCUT2D eigenvalue weighted by atomic mass is 16.3. The molecule has 0 radical (unpaired) electrons. The molecule has 1 aromatic rings. The maximum Gasteiger partial charge on any atom is 0.0662 e. The number of rotatable bonds is 5. The largest absolute Gasteiger partial charge is 0.390 e. The highest BCUT2D eigenvalue weighted by Gasteiger charge is 2.22. The second-order valence-electron chi connectivity index (χ2n) is 6.17. The van der Waals surface area contributed by atoms with Crippen molar-refractivity contribution in [1.82, 2.24) is 0 Å². The molecule has 0 bridgehead atoms. The van der Waals surface area contributed by atoms with Crippen LogP contribution in [0, 0.1) is 5.92 Å². The first-order valence-corrected chi connectivity index (χ1v) is 6.61. The van der Waals surface area contributed by atoms with Crippen molar-refractivity contribution in [2.45, 2.75) is 59.0 Å². The summed E-state index contributed by atoms with van der Waals surface area (Å²) in [7, 11) is 0. The average Bonchev–Trinajstić information content (AvgIpc) is 2.15. The van der Waals surface area contributed by atoms with Crippen LogP contribution in [0.3, 0.4) is 0 Å². The van der Waals surface area contributed by atoms with Crippen LogP contribution in [0.4, 0.5) is 0 Å². The van der Waals surface area contributed by atoms with Gasteiger partial charge < -0.3 is 5.11 Å². The van der Waals surface area contributed by atoms with Crippen molar-refractivity contribution in [2.75, 3.05) is 0 Å². The molecule has 0 saturated heterocycles. The number of hydrogen-bond donors (Lipinski definition) is 1. The van der Waals surface area contributed by atoms with Gasteiger partial charge in [-0.15, -0.1) is 0 Å². The van der Waals surface area contributed by atoms with Gasteiger partial charge in [0.25, 0.3) is 0 Å². The van der Waals surface area contributed by atoms with Gasteiger partial charge in [0.15, 0.2) is 0 Å². The average molecular weight is 234 g/mol. The molecule has 0 fully saturated rings. The Kier molecular flexibility index (Phi) is 4.76. The van der Waals surface area contributed by atoms with Crippen molar-refractivity contribution < 1.29 is 5.11 Å². The molecule has 0 aromatic heterocycles. The van der Waals surface area contributed by atoms with E-state index < -0.39 is 5.60 Å². The van der Waals surface area contributed by atoms with Crippen molar-refractivity contribution in [3.05, 3.63) is 35.4 Å². The molecule has 0 aliphatic heterocycles. The predicted molar refractivity (Wildman–Crippen MR) is 74.3 cm³/mol. The van der Waals surface area contributed by atoms with E-state index in [9.17, 15) is 5.11 Å². The van der Waals surface area contributed by atoms with Gasteiger partial charge >= 0.3 is 0 Å². The van der Waals surface area contributed by atoms with Crippen LogP contribution < -0.4 is 0 Å². The molecular formula is C16H26O.